The second-order valence-electron chi connectivity index (χ2n) is 5.03. The van der Waals surface area contributed by atoms with Gasteiger partial charge < -0.3 is 10.6 Å². The van der Waals surface area contributed by atoms with Crippen LogP contribution in [0, 0.1) is 5.92 Å². The summed E-state index contributed by atoms with van der Waals surface area (Å²) in [5.74, 6) is 1.26. The van der Waals surface area contributed by atoms with Crippen molar-refractivity contribution in [2.75, 3.05) is 24.7 Å². The minimum atomic E-state index is 0.566. The molecule has 3 rings (SSSR count). The molecular weight excluding hydrogens is 292 g/mol. The van der Waals surface area contributed by atoms with Crippen LogP contribution in [0.3, 0.4) is 0 Å². The van der Waals surface area contributed by atoms with Crippen molar-refractivity contribution in [1.29, 1.82) is 0 Å². The van der Waals surface area contributed by atoms with Crippen molar-refractivity contribution in [2.24, 2.45) is 5.92 Å². The van der Waals surface area contributed by atoms with Crippen LogP contribution >= 0.6 is 22.7 Å². The van der Waals surface area contributed by atoms with Crippen molar-refractivity contribution in [3.05, 3.63) is 10.0 Å². The van der Waals surface area contributed by atoms with Crippen LogP contribution in [-0.2, 0) is 6.42 Å². The maximum Gasteiger partial charge on any atom is 0.205 e. The largest absolute Gasteiger partial charge is 0.363 e. The van der Waals surface area contributed by atoms with Gasteiger partial charge in [0, 0.05) is 26.4 Å². The lowest BCUT2D eigenvalue weighted by molar-refractivity contribution is 0.531. The van der Waals surface area contributed by atoms with E-state index in [0.717, 1.165) is 21.7 Å². The lowest BCUT2D eigenvalue weighted by atomic mass is 10.0. The Bertz CT molecular complexity index is 566. The number of anilines is 2. The van der Waals surface area contributed by atoms with Crippen molar-refractivity contribution >= 4 is 32.9 Å². The molecule has 1 aliphatic carbocycles. The average Bonchev–Trinajstić information content (AvgIpc) is 3.18. The number of hydrogen-bond acceptors (Lipinski definition) is 8. The van der Waals surface area contributed by atoms with Gasteiger partial charge in [0.25, 0.3) is 0 Å². The zero-order valence-electron chi connectivity index (χ0n) is 11.6. The van der Waals surface area contributed by atoms with Crippen LogP contribution in [0.15, 0.2) is 0 Å². The van der Waals surface area contributed by atoms with Crippen LogP contribution in [0.5, 0.6) is 0 Å². The molecule has 0 radical (unpaired) electrons. The molecule has 0 amide bonds. The number of rotatable bonds is 5. The lowest BCUT2D eigenvalue weighted by Crippen LogP contribution is -2.00. The molecule has 20 heavy (non-hydrogen) atoms. The molecule has 2 unspecified atom stereocenters. The Morgan fingerprint density at radius 1 is 1.00 bits per heavy atom. The summed E-state index contributed by atoms with van der Waals surface area (Å²) in [5, 5.41) is 27.0. The Hall–Kier alpha value is -1.28. The quantitative estimate of drug-likeness (QED) is 0.884. The monoisotopic (exact) mass is 310 g/mol. The Balaban J connectivity index is 1.59. The van der Waals surface area contributed by atoms with Gasteiger partial charge in [-0.2, -0.15) is 0 Å². The second kappa shape index (κ2) is 6.01. The zero-order valence-corrected chi connectivity index (χ0v) is 13.2. The number of aromatic nitrogens is 4. The second-order valence-corrected chi connectivity index (χ2v) is 7.10. The fourth-order valence-corrected chi connectivity index (χ4v) is 4.32. The van der Waals surface area contributed by atoms with Crippen LogP contribution < -0.4 is 10.6 Å². The summed E-state index contributed by atoms with van der Waals surface area (Å²) in [7, 11) is 3.77. The van der Waals surface area contributed by atoms with Gasteiger partial charge in [0.05, 0.1) is 0 Å². The van der Waals surface area contributed by atoms with Crippen LogP contribution in [0.2, 0.25) is 0 Å². The van der Waals surface area contributed by atoms with Crippen molar-refractivity contribution in [1.82, 2.24) is 20.4 Å². The molecule has 2 aromatic heterocycles. The molecule has 2 N–H and O–H groups in total. The molecule has 0 aromatic carbocycles. The minimum Gasteiger partial charge on any atom is -0.363 e. The van der Waals surface area contributed by atoms with Crippen LogP contribution in [0.4, 0.5) is 10.3 Å². The number of nitrogens with one attached hydrogen (secondary N) is 2. The van der Waals surface area contributed by atoms with E-state index in [-0.39, 0.29) is 0 Å². The first-order chi connectivity index (χ1) is 9.78. The summed E-state index contributed by atoms with van der Waals surface area (Å²) < 4.78 is 0. The fraction of sp³-hybridized carbons (Fsp3) is 0.667. The average molecular weight is 310 g/mol. The van der Waals surface area contributed by atoms with Gasteiger partial charge in [0.15, 0.2) is 0 Å². The number of nitrogens with zero attached hydrogens (tertiary/aromatic N) is 4. The Labute approximate surface area is 126 Å². The lowest BCUT2D eigenvalue weighted by Gasteiger charge is -2.06. The molecule has 1 aliphatic rings. The van der Waals surface area contributed by atoms with Crippen molar-refractivity contribution in [3.8, 4) is 0 Å². The van der Waals surface area contributed by atoms with Gasteiger partial charge in [-0.25, -0.2) is 0 Å². The Kier molecular flexibility index (Phi) is 4.11. The van der Waals surface area contributed by atoms with E-state index in [9.17, 15) is 0 Å². The maximum absolute atomic E-state index is 4.30. The highest BCUT2D eigenvalue weighted by Crippen LogP contribution is 2.41. The molecule has 108 valence electrons. The first-order valence-corrected chi connectivity index (χ1v) is 8.43. The molecule has 0 aliphatic heterocycles. The van der Waals surface area contributed by atoms with Gasteiger partial charge in [-0.05, 0) is 25.2 Å². The molecule has 2 aromatic rings. The molecule has 1 fully saturated rings. The van der Waals surface area contributed by atoms with Crippen LogP contribution in [0.25, 0.3) is 0 Å². The van der Waals surface area contributed by atoms with E-state index in [4.69, 9.17) is 0 Å². The molecule has 0 saturated heterocycles. The molecule has 2 heterocycles. The van der Waals surface area contributed by atoms with Crippen LogP contribution in [-0.4, -0.2) is 34.5 Å². The third kappa shape index (κ3) is 2.90. The van der Waals surface area contributed by atoms with E-state index < -0.39 is 0 Å². The smallest absolute Gasteiger partial charge is 0.205 e. The van der Waals surface area contributed by atoms with Gasteiger partial charge in [-0.3, -0.25) is 0 Å². The predicted octanol–water partition coefficient (Wildman–Crippen LogP) is 2.60. The summed E-state index contributed by atoms with van der Waals surface area (Å²) in [4.78, 5) is 0. The van der Waals surface area contributed by atoms with Gasteiger partial charge in [0.1, 0.15) is 10.0 Å². The molecule has 1 saturated carbocycles. The maximum atomic E-state index is 4.30. The van der Waals surface area contributed by atoms with Crippen LogP contribution in [0.1, 0.15) is 35.2 Å². The molecule has 2 atom stereocenters. The molecule has 0 spiro atoms. The molecule has 6 nitrogen and oxygen atoms in total. The van der Waals surface area contributed by atoms with E-state index in [1.807, 2.05) is 14.1 Å². The van der Waals surface area contributed by atoms with E-state index in [2.05, 4.69) is 31.0 Å². The fourth-order valence-electron chi connectivity index (χ4n) is 2.67. The molecule has 8 heteroatoms. The SMILES string of the molecule is CNc1nnc(CC2CCC(c3nnc(NC)s3)C2)s1. The van der Waals surface area contributed by atoms with Crippen molar-refractivity contribution in [3.63, 3.8) is 0 Å². The Morgan fingerprint density at radius 3 is 2.45 bits per heavy atom. The first kappa shape index (κ1) is 13.7. The molecule has 0 bridgehead atoms. The van der Waals surface area contributed by atoms with E-state index >= 15 is 0 Å². The zero-order chi connectivity index (χ0) is 13.9. The summed E-state index contributed by atoms with van der Waals surface area (Å²) >= 11 is 3.33. The normalized spacial score (nSPS) is 22.1. The number of hydrogen-bond donors (Lipinski definition) is 2. The third-order valence-corrected chi connectivity index (χ3v) is 5.76. The topological polar surface area (TPSA) is 75.6 Å². The summed E-state index contributed by atoms with van der Waals surface area (Å²) in [6, 6.07) is 0. The van der Waals surface area contributed by atoms with E-state index in [1.165, 1.54) is 24.3 Å². The van der Waals surface area contributed by atoms with E-state index in [1.54, 1.807) is 22.7 Å². The van der Waals surface area contributed by atoms with Gasteiger partial charge in [-0.15, -0.1) is 20.4 Å². The van der Waals surface area contributed by atoms with Gasteiger partial charge >= 0.3 is 0 Å². The highest BCUT2D eigenvalue weighted by molar-refractivity contribution is 7.15. The predicted molar refractivity (Wildman–Crippen MR) is 82.7 cm³/mol. The molecular formula is C12H18N6S2. The standard InChI is InChI=1S/C12H18N6S2/c1-13-11-17-15-9(19-11)6-7-3-4-8(5-7)10-16-18-12(14-2)20-10/h7-8H,3-6H2,1-2H3,(H,13,17)(H,14,18). The Morgan fingerprint density at radius 2 is 1.75 bits per heavy atom. The van der Waals surface area contributed by atoms with Gasteiger partial charge in [0.2, 0.25) is 10.3 Å². The summed E-state index contributed by atoms with van der Waals surface area (Å²) in [6.07, 6.45) is 4.68. The third-order valence-electron chi connectivity index (χ3n) is 3.69. The van der Waals surface area contributed by atoms with Crippen molar-refractivity contribution in [2.45, 2.75) is 31.6 Å². The van der Waals surface area contributed by atoms with Crippen molar-refractivity contribution < 1.29 is 0 Å². The van der Waals surface area contributed by atoms with Gasteiger partial charge in [-0.1, -0.05) is 22.7 Å². The highest BCUT2D eigenvalue weighted by Gasteiger charge is 2.29. The summed E-state index contributed by atoms with van der Waals surface area (Å²) in [5.41, 5.74) is 0. The first-order valence-electron chi connectivity index (χ1n) is 6.79. The van der Waals surface area contributed by atoms with E-state index in [0.29, 0.717) is 11.8 Å². The highest BCUT2D eigenvalue weighted by atomic mass is 32.1. The minimum absolute atomic E-state index is 0.566. The summed E-state index contributed by atoms with van der Waals surface area (Å²) in [6.45, 7) is 0.